The molecule has 2 rings (SSSR count). The van der Waals surface area contributed by atoms with Gasteiger partial charge in [0.1, 0.15) is 0 Å². The van der Waals surface area contributed by atoms with E-state index in [1.165, 1.54) is 6.08 Å². The number of fused-ring (bicyclic) bond motifs is 1. The predicted molar refractivity (Wildman–Crippen MR) is 57.9 cm³/mol. The highest BCUT2D eigenvalue weighted by atomic mass is 16.1. The van der Waals surface area contributed by atoms with E-state index in [1.54, 1.807) is 12.1 Å². The summed E-state index contributed by atoms with van der Waals surface area (Å²) in [5.74, 6) is -0.111. The summed E-state index contributed by atoms with van der Waals surface area (Å²) in [5, 5.41) is 2.63. The van der Waals surface area contributed by atoms with E-state index < -0.39 is 0 Å². The Balaban J connectivity index is 2.29. The SMILES string of the molecule is C=CC(=O)Nc1ccc2c(c1)C(=O)CC2. The van der Waals surface area contributed by atoms with E-state index >= 15 is 0 Å². The lowest BCUT2D eigenvalue weighted by Crippen LogP contribution is -2.07. The first-order chi connectivity index (χ1) is 7.20. The van der Waals surface area contributed by atoms with Crippen LogP contribution in [0, 0.1) is 0 Å². The molecule has 1 aromatic carbocycles. The number of Topliss-reactive ketones (excluding diaryl/α,β-unsaturated/α-hetero) is 1. The summed E-state index contributed by atoms with van der Waals surface area (Å²) in [6.45, 7) is 3.37. The van der Waals surface area contributed by atoms with Crippen molar-refractivity contribution in [2.45, 2.75) is 12.8 Å². The number of amides is 1. The maximum atomic E-state index is 11.4. The first-order valence-electron chi connectivity index (χ1n) is 4.80. The van der Waals surface area contributed by atoms with Crippen molar-refractivity contribution in [3.05, 3.63) is 42.0 Å². The van der Waals surface area contributed by atoms with Gasteiger partial charge in [0.25, 0.3) is 0 Å². The standard InChI is InChI=1S/C12H11NO2/c1-2-12(15)13-9-5-3-8-4-6-11(14)10(8)7-9/h2-3,5,7H,1,4,6H2,(H,13,15). The van der Waals surface area contributed by atoms with Crippen LogP contribution in [0.3, 0.4) is 0 Å². The topological polar surface area (TPSA) is 46.2 Å². The number of benzene rings is 1. The van der Waals surface area contributed by atoms with Crippen molar-refractivity contribution in [2.75, 3.05) is 5.32 Å². The van der Waals surface area contributed by atoms with Crippen LogP contribution in [0.25, 0.3) is 0 Å². The van der Waals surface area contributed by atoms with Crippen molar-refractivity contribution in [3.8, 4) is 0 Å². The number of carbonyl (C=O) groups is 2. The van der Waals surface area contributed by atoms with Crippen LogP contribution in [0.15, 0.2) is 30.9 Å². The largest absolute Gasteiger partial charge is 0.323 e. The Labute approximate surface area is 87.8 Å². The molecule has 3 nitrogen and oxygen atoms in total. The smallest absolute Gasteiger partial charge is 0.247 e. The van der Waals surface area contributed by atoms with Gasteiger partial charge in [0.2, 0.25) is 5.91 Å². The van der Waals surface area contributed by atoms with Crippen LogP contribution in [0.5, 0.6) is 0 Å². The fourth-order valence-corrected chi connectivity index (χ4v) is 1.71. The fraction of sp³-hybridized carbons (Fsp3) is 0.167. The molecule has 0 fully saturated rings. The Kier molecular flexibility index (Phi) is 2.37. The highest BCUT2D eigenvalue weighted by Crippen LogP contribution is 2.24. The van der Waals surface area contributed by atoms with Crippen LogP contribution < -0.4 is 5.32 Å². The van der Waals surface area contributed by atoms with E-state index in [-0.39, 0.29) is 11.7 Å². The normalized spacial score (nSPS) is 13.5. The van der Waals surface area contributed by atoms with Crippen LogP contribution in [-0.2, 0) is 11.2 Å². The molecule has 15 heavy (non-hydrogen) atoms. The minimum atomic E-state index is -0.264. The molecule has 0 radical (unpaired) electrons. The first-order valence-corrected chi connectivity index (χ1v) is 4.80. The van der Waals surface area contributed by atoms with Crippen LogP contribution in [0.4, 0.5) is 5.69 Å². The molecule has 0 atom stereocenters. The highest BCUT2D eigenvalue weighted by Gasteiger charge is 2.19. The molecule has 0 spiro atoms. The van der Waals surface area contributed by atoms with Crippen LogP contribution in [0.2, 0.25) is 0 Å². The fourth-order valence-electron chi connectivity index (χ4n) is 1.71. The second kappa shape index (κ2) is 3.69. The van der Waals surface area contributed by atoms with Gasteiger partial charge in [0.05, 0.1) is 0 Å². The number of hydrogen-bond acceptors (Lipinski definition) is 2. The van der Waals surface area contributed by atoms with Gasteiger partial charge in [-0.05, 0) is 30.2 Å². The van der Waals surface area contributed by atoms with Gasteiger partial charge in [-0.15, -0.1) is 0 Å². The van der Waals surface area contributed by atoms with Crippen molar-refractivity contribution in [3.63, 3.8) is 0 Å². The first kappa shape index (κ1) is 9.65. The summed E-state index contributed by atoms with van der Waals surface area (Å²) in [6.07, 6.45) is 2.59. The second-order valence-electron chi connectivity index (χ2n) is 3.49. The molecular formula is C12H11NO2. The van der Waals surface area contributed by atoms with Crippen molar-refractivity contribution >= 4 is 17.4 Å². The lowest BCUT2D eigenvalue weighted by molar-refractivity contribution is -0.111. The minimum Gasteiger partial charge on any atom is -0.323 e. The third-order valence-electron chi connectivity index (χ3n) is 2.48. The second-order valence-corrected chi connectivity index (χ2v) is 3.49. The summed E-state index contributed by atoms with van der Waals surface area (Å²) in [7, 11) is 0. The van der Waals surface area contributed by atoms with Gasteiger partial charge in [-0.2, -0.15) is 0 Å². The molecule has 1 amide bonds. The zero-order valence-electron chi connectivity index (χ0n) is 8.25. The number of nitrogens with one attached hydrogen (secondary N) is 1. The molecular weight excluding hydrogens is 190 g/mol. The van der Waals surface area contributed by atoms with Gasteiger partial charge in [0, 0.05) is 17.7 Å². The Bertz CT molecular complexity index is 449. The zero-order valence-corrected chi connectivity index (χ0v) is 8.25. The molecule has 0 bridgehead atoms. The van der Waals surface area contributed by atoms with E-state index in [0.717, 1.165) is 17.5 Å². The molecule has 0 unspecified atom stereocenters. The summed E-state index contributed by atoms with van der Waals surface area (Å²) < 4.78 is 0. The number of aryl methyl sites for hydroxylation is 1. The average molecular weight is 201 g/mol. The van der Waals surface area contributed by atoms with Gasteiger partial charge in [-0.3, -0.25) is 9.59 Å². The summed E-state index contributed by atoms with van der Waals surface area (Å²) >= 11 is 0. The van der Waals surface area contributed by atoms with Crippen LogP contribution in [-0.4, -0.2) is 11.7 Å². The van der Waals surface area contributed by atoms with Gasteiger partial charge in [-0.1, -0.05) is 12.6 Å². The summed E-state index contributed by atoms with van der Waals surface area (Å²) in [5.41, 5.74) is 2.45. The number of carbonyl (C=O) groups excluding carboxylic acids is 2. The molecule has 0 saturated heterocycles. The van der Waals surface area contributed by atoms with Crippen molar-refractivity contribution in [1.29, 1.82) is 0 Å². The average Bonchev–Trinajstić information content (AvgIpc) is 2.60. The van der Waals surface area contributed by atoms with E-state index in [0.29, 0.717) is 12.1 Å². The molecule has 1 N–H and O–H groups in total. The predicted octanol–water partition coefficient (Wildman–Crippen LogP) is 1.94. The van der Waals surface area contributed by atoms with E-state index in [2.05, 4.69) is 11.9 Å². The Morgan fingerprint density at radius 2 is 2.20 bits per heavy atom. The zero-order chi connectivity index (χ0) is 10.8. The lowest BCUT2D eigenvalue weighted by Gasteiger charge is -2.04. The number of rotatable bonds is 2. The van der Waals surface area contributed by atoms with E-state index in [9.17, 15) is 9.59 Å². The Hall–Kier alpha value is -1.90. The molecule has 1 aromatic rings. The van der Waals surface area contributed by atoms with Crippen LogP contribution in [0.1, 0.15) is 22.3 Å². The van der Waals surface area contributed by atoms with E-state index in [4.69, 9.17) is 0 Å². The Morgan fingerprint density at radius 1 is 1.40 bits per heavy atom. The highest BCUT2D eigenvalue weighted by molar-refractivity contribution is 6.03. The van der Waals surface area contributed by atoms with Crippen LogP contribution >= 0.6 is 0 Å². The quantitative estimate of drug-likeness (QED) is 0.743. The maximum absolute atomic E-state index is 11.4. The third-order valence-corrected chi connectivity index (χ3v) is 2.48. The molecule has 3 heteroatoms. The van der Waals surface area contributed by atoms with Gasteiger partial charge < -0.3 is 5.32 Å². The number of anilines is 1. The Morgan fingerprint density at radius 3 is 2.93 bits per heavy atom. The minimum absolute atomic E-state index is 0.153. The molecule has 1 aliphatic rings. The molecule has 0 heterocycles. The van der Waals surface area contributed by atoms with Gasteiger partial charge in [-0.25, -0.2) is 0 Å². The van der Waals surface area contributed by atoms with Crippen molar-refractivity contribution in [1.82, 2.24) is 0 Å². The summed E-state index contributed by atoms with van der Waals surface area (Å²) in [6, 6.07) is 5.42. The van der Waals surface area contributed by atoms with Crippen molar-refractivity contribution < 1.29 is 9.59 Å². The maximum Gasteiger partial charge on any atom is 0.247 e. The number of ketones is 1. The lowest BCUT2D eigenvalue weighted by atomic mass is 10.1. The third kappa shape index (κ3) is 1.81. The van der Waals surface area contributed by atoms with E-state index in [1.807, 2.05) is 6.07 Å². The monoisotopic (exact) mass is 201 g/mol. The molecule has 76 valence electrons. The summed E-state index contributed by atoms with van der Waals surface area (Å²) in [4.78, 5) is 22.5. The molecule has 1 aliphatic carbocycles. The van der Waals surface area contributed by atoms with Gasteiger partial charge >= 0.3 is 0 Å². The van der Waals surface area contributed by atoms with Gasteiger partial charge in [0.15, 0.2) is 5.78 Å². The molecule has 0 saturated carbocycles. The molecule has 0 aromatic heterocycles. The van der Waals surface area contributed by atoms with Crippen molar-refractivity contribution in [2.24, 2.45) is 0 Å². The molecule has 0 aliphatic heterocycles. The number of hydrogen-bond donors (Lipinski definition) is 1.